The summed E-state index contributed by atoms with van der Waals surface area (Å²) >= 11 is 0. The number of hydrogen-bond acceptors (Lipinski definition) is 5. The Bertz CT molecular complexity index is 1430. The molecule has 4 aromatic rings. The second-order valence-corrected chi connectivity index (χ2v) is 9.89. The number of hydroxylamine groups is 1. The molecule has 0 saturated heterocycles. The van der Waals surface area contributed by atoms with Crippen LogP contribution in [0.15, 0.2) is 79.0 Å². The van der Waals surface area contributed by atoms with Gasteiger partial charge in [0.25, 0.3) is 5.91 Å². The number of fused-ring (bicyclic) bond motifs is 2. The van der Waals surface area contributed by atoms with Crippen LogP contribution >= 0.6 is 0 Å². The number of aromatic amines is 1. The average Bonchev–Trinajstić information content (AvgIpc) is 3.59. The van der Waals surface area contributed by atoms with Crippen molar-refractivity contribution in [3.8, 4) is 5.75 Å². The second-order valence-electron chi connectivity index (χ2n) is 9.89. The number of nitrogens with one attached hydrogen (secondary N) is 2. The maximum atomic E-state index is 11.4. The van der Waals surface area contributed by atoms with Gasteiger partial charge in [-0.25, -0.2) is 5.48 Å². The van der Waals surface area contributed by atoms with Crippen molar-refractivity contribution >= 4 is 22.9 Å². The molecule has 0 aliphatic heterocycles. The van der Waals surface area contributed by atoms with E-state index in [4.69, 9.17) is 14.7 Å². The molecule has 1 aliphatic rings. The lowest BCUT2D eigenvalue weighted by Crippen LogP contribution is -2.29. The normalized spacial score (nSPS) is 14.8. The monoisotopic (exact) mass is 525 g/mol. The lowest BCUT2D eigenvalue weighted by Gasteiger charge is -2.30. The number of aromatic nitrogens is 1. The van der Waals surface area contributed by atoms with Crippen LogP contribution in [0, 0.1) is 0 Å². The smallest absolute Gasteiger partial charge is 0.267 e. The van der Waals surface area contributed by atoms with Gasteiger partial charge in [0.1, 0.15) is 12.4 Å². The van der Waals surface area contributed by atoms with E-state index in [0.29, 0.717) is 19.3 Å². The van der Waals surface area contributed by atoms with E-state index < -0.39 is 5.91 Å². The lowest BCUT2D eigenvalue weighted by molar-refractivity contribution is -0.124. The predicted octanol–water partition coefficient (Wildman–Crippen LogP) is 5.44. The molecule has 7 heteroatoms. The highest BCUT2D eigenvalue weighted by atomic mass is 16.5. The van der Waals surface area contributed by atoms with Gasteiger partial charge < -0.3 is 14.5 Å². The number of aryl methyl sites for hydroxylation is 1. The predicted molar refractivity (Wildman–Crippen MR) is 153 cm³/mol. The van der Waals surface area contributed by atoms with Gasteiger partial charge in [0.05, 0.1) is 6.61 Å². The van der Waals surface area contributed by atoms with E-state index in [0.717, 1.165) is 43.7 Å². The van der Waals surface area contributed by atoms with Crippen LogP contribution in [0.1, 0.15) is 40.3 Å². The first kappa shape index (κ1) is 26.7. The van der Waals surface area contributed by atoms with Crippen molar-refractivity contribution in [1.82, 2.24) is 15.4 Å². The summed E-state index contributed by atoms with van der Waals surface area (Å²) in [7, 11) is 1.67. The summed E-state index contributed by atoms with van der Waals surface area (Å²) in [6.07, 6.45) is 8.19. The van der Waals surface area contributed by atoms with Gasteiger partial charge in [0.2, 0.25) is 0 Å². The van der Waals surface area contributed by atoms with Crippen LogP contribution in [0.25, 0.3) is 17.0 Å². The fraction of sp³-hybridized carbons (Fsp3) is 0.281. The molecule has 0 fully saturated rings. The van der Waals surface area contributed by atoms with E-state index in [1.54, 1.807) is 18.7 Å². The maximum absolute atomic E-state index is 11.4. The number of carbonyl (C=O) groups is 1. The molecule has 1 amide bonds. The van der Waals surface area contributed by atoms with Gasteiger partial charge in [-0.05, 0) is 71.4 Å². The number of methoxy groups -OCH3 is 1. The molecule has 39 heavy (non-hydrogen) atoms. The van der Waals surface area contributed by atoms with Gasteiger partial charge in [-0.15, -0.1) is 0 Å². The first-order valence-corrected chi connectivity index (χ1v) is 13.4. The van der Waals surface area contributed by atoms with Crippen molar-refractivity contribution in [1.29, 1.82) is 0 Å². The summed E-state index contributed by atoms with van der Waals surface area (Å²) in [5.74, 6) is 0.315. The van der Waals surface area contributed by atoms with Crippen molar-refractivity contribution in [2.45, 2.75) is 31.8 Å². The SMILES string of the molecule is COCCOc1ccc(CN(CCc2c[nH]c3ccccc23)C2CCc3cc(C=CC(=O)NO)ccc32)cc1. The summed E-state index contributed by atoms with van der Waals surface area (Å²) in [4.78, 5) is 17.4. The van der Waals surface area contributed by atoms with E-state index in [-0.39, 0.29) is 0 Å². The van der Waals surface area contributed by atoms with Crippen LogP contribution in [0.5, 0.6) is 5.75 Å². The minimum Gasteiger partial charge on any atom is -0.491 e. The molecule has 5 rings (SSSR count). The molecule has 1 heterocycles. The molecular formula is C32H35N3O4. The Kier molecular flexibility index (Phi) is 8.73. The van der Waals surface area contributed by atoms with Gasteiger partial charge in [0.15, 0.2) is 0 Å². The average molecular weight is 526 g/mol. The molecule has 3 N–H and O–H groups in total. The molecule has 0 saturated carbocycles. The molecule has 0 bridgehead atoms. The van der Waals surface area contributed by atoms with Gasteiger partial charge in [-0.3, -0.25) is 14.9 Å². The molecule has 1 atom stereocenters. The van der Waals surface area contributed by atoms with E-state index in [1.807, 2.05) is 18.2 Å². The summed E-state index contributed by atoms with van der Waals surface area (Å²) in [6.45, 7) is 2.86. The second kappa shape index (κ2) is 12.8. The van der Waals surface area contributed by atoms with Crippen molar-refractivity contribution in [3.05, 3.63) is 107 Å². The Morgan fingerprint density at radius 3 is 2.79 bits per heavy atom. The van der Waals surface area contributed by atoms with Crippen LogP contribution in [-0.2, 0) is 28.9 Å². The summed E-state index contributed by atoms with van der Waals surface area (Å²) < 4.78 is 10.8. The lowest BCUT2D eigenvalue weighted by atomic mass is 10.0. The van der Waals surface area contributed by atoms with E-state index in [2.05, 4.69) is 64.6 Å². The number of amides is 1. The highest BCUT2D eigenvalue weighted by molar-refractivity contribution is 5.90. The Hall–Kier alpha value is -3.91. The minimum absolute atomic E-state index is 0.307. The molecule has 3 aromatic carbocycles. The van der Waals surface area contributed by atoms with Crippen molar-refractivity contribution < 1.29 is 19.5 Å². The fourth-order valence-corrected chi connectivity index (χ4v) is 5.42. The van der Waals surface area contributed by atoms with Crippen molar-refractivity contribution in [2.75, 3.05) is 26.9 Å². The standard InChI is InChI=1S/C32H35N3O4/c1-38-18-19-39-27-11-6-24(7-12-27)22-35(17-16-26-21-33-30-5-3-2-4-28(26)30)31-14-10-25-20-23(8-13-29(25)31)9-15-32(36)34-37/h2-9,11-13,15,20-21,31,33,37H,10,14,16-19,22H2,1H3,(H,34,36). The first-order chi connectivity index (χ1) is 19.1. The number of carbonyl (C=O) groups excluding carboxylic acids is 1. The third-order valence-corrected chi connectivity index (χ3v) is 7.40. The largest absolute Gasteiger partial charge is 0.491 e. The van der Waals surface area contributed by atoms with Gasteiger partial charge in [0, 0.05) is 49.4 Å². The number of rotatable bonds is 12. The number of nitrogens with zero attached hydrogens (tertiary/aromatic N) is 1. The van der Waals surface area contributed by atoms with Crippen LogP contribution in [-0.4, -0.2) is 47.9 Å². The molecule has 202 valence electrons. The zero-order chi connectivity index (χ0) is 27.0. The third-order valence-electron chi connectivity index (χ3n) is 7.40. The highest BCUT2D eigenvalue weighted by Crippen LogP contribution is 2.37. The van der Waals surface area contributed by atoms with Crippen LogP contribution in [0.3, 0.4) is 0 Å². The fourth-order valence-electron chi connectivity index (χ4n) is 5.42. The van der Waals surface area contributed by atoms with E-state index in [1.165, 1.54) is 39.2 Å². The molecule has 0 radical (unpaired) electrons. The third kappa shape index (κ3) is 6.57. The number of ether oxygens (including phenoxy) is 2. The van der Waals surface area contributed by atoms with Crippen LogP contribution in [0.2, 0.25) is 0 Å². The van der Waals surface area contributed by atoms with E-state index in [9.17, 15) is 4.79 Å². The molecule has 1 unspecified atom stereocenters. The van der Waals surface area contributed by atoms with Crippen molar-refractivity contribution in [2.24, 2.45) is 0 Å². The van der Waals surface area contributed by atoms with Gasteiger partial charge in [-0.1, -0.05) is 48.5 Å². The molecule has 0 spiro atoms. The van der Waals surface area contributed by atoms with Crippen LogP contribution in [0.4, 0.5) is 0 Å². The summed E-state index contributed by atoms with van der Waals surface area (Å²) in [6, 6.07) is 23.5. The Morgan fingerprint density at radius 1 is 1.13 bits per heavy atom. The molecule has 1 aliphatic carbocycles. The molecule has 1 aromatic heterocycles. The van der Waals surface area contributed by atoms with Crippen LogP contribution < -0.4 is 10.2 Å². The minimum atomic E-state index is -0.535. The number of H-pyrrole nitrogens is 1. The van der Waals surface area contributed by atoms with Gasteiger partial charge in [-0.2, -0.15) is 0 Å². The first-order valence-electron chi connectivity index (χ1n) is 13.4. The Labute approximate surface area is 229 Å². The number of hydrogen-bond donors (Lipinski definition) is 3. The number of benzene rings is 3. The molecule has 7 nitrogen and oxygen atoms in total. The topological polar surface area (TPSA) is 86.8 Å². The molecular weight excluding hydrogens is 490 g/mol. The van der Waals surface area contributed by atoms with E-state index >= 15 is 0 Å². The summed E-state index contributed by atoms with van der Waals surface area (Å²) in [5, 5.41) is 10.0. The number of para-hydroxylation sites is 1. The maximum Gasteiger partial charge on any atom is 0.267 e. The van der Waals surface area contributed by atoms with Gasteiger partial charge >= 0.3 is 0 Å². The quantitative estimate of drug-likeness (QED) is 0.0992. The Balaban J connectivity index is 1.35. The highest BCUT2D eigenvalue weighted by Gasteiger charge is 2.28. The zero-order valence-electron chi connectivity index (χ0n) is 22.2. The van der Waals surface area contributed by atoms with Crippen molar-refractivity contribution in [3.63, 3.8) is 0 Å². The Morgan fingerprint density at radius 2 is 1.97 bits per heavy atom. The summed E-state index contributed by atoms with van der Waals surface area (Å²) in [5.41, 5.74) is 8.99. The zero-order valence-corrected chi connectivity index (χ0v) is 22.2.